The third-order valence-corrected chi connectivity index (χ3v) is 2.21. The molecule has 1 nitrogen and oxygen atoms in total. The molecule has 0 N–H and O–H groups in total. The van der Waals surface area contributed by atoms with Crippen LogP contribution in [0.4, 0.5) is 22.0 Å². The summed E-state index contributed by atoms with van der Waals surface area (Å²) in [4.78, 5) is 10.1. The minimum absolute atomic E-state index is 0.0913. The molecular formula is C11H9F5O. The number of hydrogen-bond donors (Lipinski definition) is 0. The van der Waals surface area contributed by atoms with E-state index in [4.69, 9.17) is 0 Å². The second kappa shape index (κ2) is 5.25. The second-order valence-corrected chi connectivity index (χ2v) is 3.43. The van der Waals surface area contributed by atoms with Gasteiger partial charge in [-0.25, -0.2) is 8.78 Å². The summed E-state index contributed by atoms with van der Waals surface area (Å²) in [6.07, 6.45) is -7.16. The maximum absolute atomic E-state index is 12.5. The molecule has 0 saturated heterocycles. The van der Waals surface area contributed by atoms with E-state index in [0.717, 1.165) is 12.1 Å². The lowest BCUT2D eigenvalue weighted by atomic mass is 10.0. The lowest BCUT2D eigenvalue weighted by Gasteiger charge is -2.13. The van der Waals surface area contributed by atoms with Crippen LogP contribution in [0, 0.1) is 0 Å². The van der Waals surface area contributed by atoms with Crippen LogP contribution in [0.1, 0.15) is 29.5 Å². The molecule has 0 unspecified atom stereocenters. The zero-order valence-corrected chi connectivity index (χ0v) is 8.60. The fourth-order valence-corrected chi connectivity index (χ4v) is 1.43. The van der Waals surface area contributed by atoms with Gasteiger partial charge in [-0.05, 0) is 24.1 Å². The van der Waals surface area contributed by atoms with Crippen LogP contribution in [0.2, 0.25) is 0 Å². The summed E-state index contributed by atoms with van der Waals surface area (Å²) in [7, 11) is 0. The summed E-state index contributed by atoms with van der Waals surface area (Å²) in [6, 6.07) is 2.54. The Bertz CT molecular complexity index is 397. The summed E-state index contributed by atoms with van der Waals surface area (Å²) in [6.45, 7) is 0. The van der Waals surface area contributed by atoms with Crippen LogP contribution in [0.3, 0.4) is 0 Å². The first-order valence-electron chi connectivity index (χ1n) is 4.78. The number of hydrogen-bond acceptors (Lipinski definition) is 1. The van der Waals surface area contributed by atoms with Crippen molar-refractivity contribution in [3.63, 3.8) is 0 Å². The Kier molecular flexibility index (Phi) is 4.20. The normalized spacial score (nSPS) is 11.9. The lowest BCUT2D eigenvalue weighted by molar-refractivity contribution is -0.139. The first-order valence-corrected chi connectivity index (χ1v) is 4.78. The van der Waals surface area contributed by atoms with E-state index in [1.165, 1.54) is 0 Å². The van der Waals surface area contributed by atoms with Crippen molar-refractivity contribution in [2.24, 2.45) is 0 Å². The van der Waals surface area contributed by atoms with Gasteiger partial charge in [-0.1, -0.05) is 6.07 Å². The highest BCUT2D eigenvalue weighted by Gasteiger charge is 2.35. The SMILES string of the molecule is O=CCCc1ccc(C(F)(F)F)c(C(F)F)c1. The van der Waals surface area contributed by atoms with E-state index >= 15 is 0 Å². The van der Waals surface area contributed by atoms with Gasteiger partial charge in [0.1, 0.15) is 6.29 Å². The Morgan fingerprint density at radius 1 is 1.24 bits per heavy atom. The molecule has 94 valence electrons. The Morgan fingerprint density at radius 3 is 2.35 bits per heavy atom. The molecule has 0 heterocycles. The maximum atomic E-state index is 12.5. The van der Waals surface area contributed by atoms with E-state index in [1.807, 2.05) is 0 Å². The Morgan fingerprint density at radius 2 is 1.88 bits per heavy atom. The molecule has 0 saturated carbocycles. The van der Waals surface area contributed by atoms with E-state index in [9.17, 15) is 26.7 Å². The molecule has 0 bridgehead atoms. The number of carbonyl (C=O) groups excluding carboxylic acids is 1. The standard InChI is InChI=1S/C11H9F5O/c12-10(13)8-6-7(2-1-5-17)3-4-9(8)11(14,15)16/h3-6,10H,1-2H2. The van der Waals surface area contributed by atoms with Gasteiger partial charge in [0.2, 0.25) is 0 Å². The molecule has 0 aromatic heterocycles. The van der Waals surface area contributed by atoms with Crippen molar-refractivity contribution in [1.29, 1.82) is 0 Å². The van der Waals surface area contributed by atoms with Crippen molar-refractivity contribution in [3.8, 4) is 0 Å². The lowest BCUT2D eigenvalue weighted by Crippen LogP contribution is -2.10. The molecule has 17 heavy (non-hydrogen) atoms. The molecular weight excluding hydrogens is 243 g/mol. The Labute approximate surface area is 94.2 Å². The van der Waals surface area contributed by atoms with Crippen LogP contribution < -0.4 is 0 Å². The van der Waals surface area contributed by atoms with Gasteiger partial charge < -0.3 is 4.79 Å². The monoisotopic (exact) mass is 252 g/mol. The second-order valence-electron chi connectivity index (χ2n) is 3.43. The number of carbonyl (C=O) groups is 1. The number of halogens is 5. The van der Waals surface area contributed by atoms with Gasteiger partial charge in [-0.15, -0.1) is 0 Å². The minimum Gasteiger partial charge on any atom is -0.303 e. The molecule has 0 radical (unpaired) electrons. The van der Waals surface area contributed by atoms with Crippen molar-refractivity contribution in [2.45, 2.75) is 25.4 Å². The zero-order chi connectivity index (χ0) is 13.1. The molecule has 0 amide bonds. The molecule has 0 aliphatic heterocycles. The summed E-state index contributed by atoms with van der Waals surface area (Å²) >= 11 is 0. The highest BCUT2D eigenvalue weighted by Crippen LogP contribution is 2.36. The van der Waals surface area contributed by atoms with E-state index < -0.39 is 23.7 Å². The highest BCUT2D eigenvalue weighted by molar-refractivity contribution is 5.50. The van der Waals surface area contributed by atoms with Crippen LogP contribution in [0.15, 0.2) is 18.2 Å². The van der Waals surface area contributed by atoms with Crippen molar-refractivity contribution in [3.05, 3.63) is 34.9 Å². The van der Waals surface area contributed by atoms with E-state index in [-0.39, 0.29) is 12.8 Å². The number of aldehydes is 1. The minimum atomic E-state index is -4.80. The first-order chi connectivity index (χ1) is 7.86. The summed E-state index contributed by atoms with van der Waals surface area (Å²) in [5.41, 5.74) is -2.08. The average molecular weight is 252 g/mol. The van der Waals surface area contributed by atoms with Gasteiger partial charge in [0.25, 0.3) is 6.43 Å². The molecule has 1 rings (SSSR count). The van der Waals surface area contributed by atoms with Gasteiger partial charge in [0.15, 0.2) is 0 Å². The third-order valence-electron chi connectivity index (χ3n) is 2.21. The highest BCUT2D eigenvalue weighted by atomic mass is 19.4. The summed E-state index contributed by atoms with van der Waals surface area (Å²) in [5.74, 6) is 0. The molecule has 0 aliphatic carbocycles. The maximum Gasteiger partial charge on any atom is 0.416 e. The van der Waals surface area contributed by atoms with Gasteiger partial charge >= 0.3 is 6.18 Å². The van der Waals surface area contributed by atoms with Gasteiger partial charge in [-0.2, -0.15) is 13.2 Å². The summed E-state index contributed by atoms with van der Waals surface area (Å²) < 4.78 is 62.2. The molecule has 0 aliphatic rings. The molecule has 0 spiro atoms. The van der Waals surface area contributed by atoms with Crippen LogP contribution in [-0.4, -0.2) is 6.29 Å². The largest absolute Gasteiger partial charge is 0.416 e. The van der Waals surface area contributed by atoms with Crippen LogP contribution >= 0.6 is 0 Å². The Balaban J connectivity index is 3.13. The average Bonchev–Trinajstić information content (AvgIpc) is 2.24. The molecule has 6 heteroatoms. The molecule has 1 aromatic carbocycles. The number of aryl methyl sites for hydroxylation is 1. The Hall–Kier alpha value is -1.46. The van der Waals surface area contributed by atoms with Crippen molar-refractivity contribution in [1.82, 2.24) is 0 Å². The van der Waals surface area contributed by atoms with Crippen LogP contribution in [-0.2, 0) is 17.4 Å². The first kappa shape index (κ1) is 13.6. The van der Waals surface area contributed by atoms with E-state index in [1.54, 1.807) is 0 Å². The van der Waals surface area contributed by atoms with Crippen LogP contribution in [0.5, 0.6) is 0 Å². The number of alkyl halides is 5. The quantitative estimate of drug-likeness (QED) is 0.588. The predicted octanol–water partition coefficient (Wildman–Crippen LogP) is 3.77. The van der Waals surface area contributed by atoms with Crippen molar-refractivity contribution >= 4 is 6.29 Å². The molecule has 0 fully saturated rings. The van der Waals surface area contributed by atoms with Crippen molar-refractivity contribution < 1.29 is 26.7 Å². The van der Waals surface area contributed by atoms with Crippen molar-refractivity contribution in [2.75, 3.05) is 0 Å². The molecule has 1 aromatic rings. The fraction of sp³-hybridized carbons (Fsp3) is 0.364. The third kappa shape index (κ3) is 3.51. The topological polar surface area (TPSA) is 17.1 Å². The van der Waals surface area contributed by atoms with Gasteiger partial charge in [0.05, 0.1) is 5.56 Å². The van der Waals surface area contributed by atoms with Gasteiger partial charge in [0, 0.05) is 12.0 Å². The van der Waals surface area contributed by atoms with Gasteiger partial charge in [-0.3, -0.25) is 0 Å². The van der Waals surface area contributed by atoms with E-state index in [2.05, 4.69) is 0 Å². The fourth-order valence-electron chi connectivity index (χ4n) is 1.43. The number of benzene rings is 1. The van der Waals surface area contributed by atoms with Crippen LogP contribution in [0.25, 0.3) is 0 Å². The summed E-state index contributed by atoms with van der Waals surface area (Å²) in [5, 5.41) is 0. The zero-order valence-electron chi connectivity index (χ0n) is 8.60. The molecule has 0 atom stereocenters. The van der Waals surface area contributed by atoms with E-state index in [0.29, 0.717) is 17.9 Å². The smallest absolute Gasteiger partial charge is 0.303 e. The number of rotatable bonds is 4. The predicted molar refractivity (Wildman–Crippen MR) is 50.8 cm³/mol.